The number of carbonyl (C=O) groups excluding carboxylic acids is 1. The number of hydrogen-bond acceptors (Lipinski definition) is 6. The zero-order valence-electron chi connectivity index (χ0n) is 16.8. The standard InChI is InChI=1S/C20H29N5O3/c1-4-15(26)23-19(2)8-12-28-20(18(19)27)6-10-25(11-7-20)17-14-5-9-24(3)16(14)21-13-22-17/h5,9,13,18,27H,4,6-8,10-12H2,1-3H3,(H,23,26)/t18-,19+/m1/s1. The van der Waals surface area contributed by atoms with Gasteiger partial charge in [0.1, 0.15) is 23.9 Å². The average Bonchev–Trinajstić information content (AvgIpc) is 3.08. The Balaban J connectivity index is 1.53. The van der Waals surface area contributed by atoms with Gasteiger partial charge in [0.15, 0.2) is 0 Å². The molecular weight excluding hydrogens is 358 g/mol. The molecule has 8 heteroatoms. The van der Waals surface area contributed by atoms with Crippen LogP contribution >= 0.6 is 0 Å². The lowest BCUT2D eigenvalue weighted by atomic mass is 9.73. The summed E-state index contributed by atoms with van der Waals surface area (Å²) >= 11 is 0. The van der Waals surface area contributed by atoms with Gasteiger partial charge >= 0.3 is 0 Å². The van der Waals surface area contributed by atoms with Crippen molar-refractivity contribution in [3.63, 3.8) is 0 Å². The maximum atomic E-state index is 12.0. The molecule has 2 N–H and O–H groups in total. The second kappa shape index (κ2) is 7.00. The largest absolute Gasteiger partial charge is 0.388 e. The molecule has 0 unspecified atom stereocenters. The number of aryl methyl sites for hydroxylation is 1. The molecule has 1 amide bonds. The zero-order valence-corrected chi connectivity index (χ0v) is 16.8. The van der Waals surface area contributed by atoms with E-state index in [2.05, 4.69) is 20.2 Å². The summed E-state index contributed by atoms with van der Waals surface area (Å²) in [6.07, 6.45) is 5.24. The molecule has 2 aromatic rings. The van der Waals surface area contributed by atoms with Gasteiger partial charge in [-0.2, -0.15) is 0 Å². The Morgan fingerprint density at radius 1 is 1.36 bits per heavy atom. The Morgan fingerprint density at radius 2 is 2.11 bits per heavy atom. The van der Waals surface area contributed by atoms with Crippen LogP contribution in [-0.2, 0) is 16.6 Å². The molecule has 28 heavy (non-hydrogen) atoms. The molecule has 4 heterocycles. The number of amides is 1. The van der Waals surface area contributed by atoms with E-state index in [0.29, 0.717) is 32.3 Å². The first-order valence-corrected chi connectivity index (χ1v) is 10.0. The maximum Gasteiger partial charge on any atom is 0.220 e. The molecule has 1 spiro atoms. The highest BCUT2D eigenvalue weighted by atomic mass is 16.5. The number of fused-ring (bicyclic) bond motifs is 1. The molecule has 0 bridgehead atoms. The first kappa shape index (κ1) is 19.1. The Morgan fingerprint density at radius 3 is 2.82 bits per heavy atom. The van der Waals surface area contributed by atoms with Crippen LogP contribution in [0.2, 0.25) is 0 Å². The van der Waals surface area contributed by atoms with Crippen LogP contribution < -0.4 is 10.2 Å². The number of ether oxygens (including phenoxy) is 1. The molecule has 0 aromatic carbocycles. The number of aliphatic hydroxyl groups is 1. The number of anilines is 1. The summed E-state index contributed by atoms with van der Waals surface area (Å²) in [7, 11) is 1.97. The van der Waals surface area contributed by atoms with Crippen molar-refractivity contribution in [3.8, 4) is 0 Å². The van der Waals surface area contributed by atoms with Crippen molar-refractivity contribution in [1.29, 1.82) is 0 Å². The molecule has 4 rings (SSSR count). The van der Waals surface area contributed by atoms with Gasteiger partial charge in [-0.15, -0.1) is 0 Å². The lowest BCUT2D eigenvalue weighted by Crippen LogP contribution is -2.69. The number of piperidine rings is 1. The van der Waals surface area contributed by atoms with Crippen molar-refractivity contribution in [2.75, 3.05) is 24.6 Å². The quantitative estimate of drug-likeness (QED) is 0.827. The van der Waals surface area contributed by atoms with Gasteiger partial charge in [-0.3, -0.25) is 4.79 Å². The average molecular weight is 387 g/mol. The van der Waals surface area contributed by atoms with E-state index in [4.69, 9.17) is 4.74 Å². The van der Waals surface area contributed by atoms with Crippen LogP contribution in [0.4, 0.5) is 5.82 Å². The monoisotopic (exact) mass is 387 g/mol. The van der Waals surface area contributed by atoms with E-state index in [9.17, 15) is 9.90 Å². The molecule has 152 valence electrons. The smallest absolute Gasteiger partial charge is 0.220 e. The Hall–Kier alpha value is -2.19. The maximum absolute atomic E-state index is 12.0. The fourth-order valence-corrected chi connectivity index (χ4v) is 4.63. The van der Waals surface area contributed by atoms with Gasteiger partial charge in [-0.05, 0) is 32.3 Å². The van der Waals surface area contributed by atoms with Crippen LogP contribution in [0.15, 0.2) is 18.6 Å². The van der Waals surface area contributed by atoms with Crippen LogP contribution in [0.3, 0.4) is 0 Å². The highest BCUT2D eigenvalue weighted by molar-refractivity contribution is 5.87. The van der Waals surface area contributed by atoms with E-state index >= 15 is 0 Å². The van der Waals surface area contributed by atoms with Gasteiger partial charge < -0.3 is 24.6 Å². The van der Waals surface area contributed by atoms with Crippen LogP contribution in [0.25, 0.3) is 11.0 Å². The number of nitrogens with one attached hydrogen (secondary N) is 1. The number of nitrogens with zero attached hydrogens (tertiary/aromatic N) is 4. The minimum atomic E-state index is -0.742. The van der Waals surface area contributed by atoms with Gasteiger partial charge in [0.2, 0.25) is 5.91 Å². The Bertz CT molecular complexity index is 874. The number of aromatic nitrogens is 3. The molecule has 2 saturated heterocycles. The Kier molecular flexibility index (Phi) is 4.79. The SMILES string of the molecule is CCC(=O)N[C@@]1(C)CCOC2(CCN(c3ncnc4c3ccn4C)CC2)[C@@H]1O. The topological polar surface area (TPSA) is 92.5 Å². The third-order valence-corrected chi connectivity index (χ3v) is 6.41. The van der Waals surface area contributed by atoms with E-state index in [1.807, 2.05) is 37.7 Å². The molecular formula is C20H29N5O3. The molecule has 0 saturated carbocycles. The summed E-state index contributed by atoms with van der Waals surface area (Å²) in [5.74, 6) is 0.885. The highest BCUT2D eigenvalue weighted by Gasteiger charge is 2.53. The minimum Gasteiger partial charge on any atom is -0.388 e. The molecule has 2 aliphatic rings. The minimum absolute atomic E-state index is 0.0384. The van der Waals surface area contributed by atoms with E-state index in [1.165, 1.54) is 0 Å². The van der Waals surface area contributed by atoms with Crippen molar-refractivity contribution >= 4 is 22.8 Å². The lowest BCUT2D eigenvalue weighted by molar-refractivity contribution is -0.198. The summed E-state index contributed by atoms with van der Waals surface area (Å²) in [6.45, 7) is 5.75. The summed E-state index contributed by atoms with van der Waals surface area (Å²) in [4.78, 5) is 23.1. The lowest BCUT2D eigenvalue weighted by Gasteiger charge is -2.53. The van der Waals surface area contributed by atoms with Gasteiger partial charge in [0.05, 0.1) is 16.5 Å². The zero-order chi connectivity index (χ0) is 19.9. The van der Waals surface area contributed by atoms with Crippen molar-refractivity contribution < 1.29 is 14.6 Å². The predicted octanol–water partition coefficient (Wildman–Crippen LogP) is 1.37. The second-order valence-electron chi connectivity index (χ2n) is 8.23. The van der Waals surface area contributed by atoms with Gasteiger partial charge in [-0.1, -0.05) is 6.92 Å². The molecule has 0 radical (unpaired) electrons. The second-order valence-corrected chi connectivity index (χ2v) is 8.23. The molecule has 8 nitrogen and oxygen atoms in total. The number of aliphatic hydroxyl groups excluding tert-OH is 1. The first-order chi connectivity index (χ1) is 13.4. The summed E-state index contributed by atoms with van der Waals surface area (Å²) in [5.41, 5.74) is -0.378. The van der Waals surface area contributed by atoms with Crippen LogP contribution in [0.1, 0.15) is 39.5 Å². The van der Waals surface area contributed by atoms with Gasteiger partial charge in [0, 0.05) is 39.4 Å². The van der Waals surface area contributed by atoms with Crippen LogP contribution in [-0.4, -0.2) is 62.5 Å². The van der Waals surface area contributed by atoms with E-state index in [1.54, 1.807) is 6.33 Å². The molecule has 2 fully saturated rings. The van der Waals surface area contributed by atoms with Crippen LogP contribution in [0, 0.1) is 0 Å². The van der Waals surface area contributed by atoms with E-state index in [0.717, 1.165) is 29.9 Å². The van der Waals surface area contributed by atoms with Crippen molar-refractivity contribution in [2.45, 2.75) is 56.8 Å². The van der Waals surface area contributed by atoms with E-state index < -0.39 is 17.2 Å². The Labute approximate surface area is 164 Å². The highest BCUT2D eigenvalue weighted by Crippen LogP contribution is 2.41. The number of carbonyl (C=O) groups is 1. The van der Waals surface area contributed by atoms with E-state index in [-0.39, 0.29) is 5.91 Å². The summed E-state index contributed by atoms with van der Waals surface area (Å²) in [6, 6.07) is 2.04. The van der Waals surface area contributed by atoms with Crippen molar-refractivity contribution in [1.82, 2.24) is 19.9 Å². The normalized spacial score (nSPS) is 27.3. The third-order valence-electron chi connectivity index (χ3n) is 6.41. The molecule has 2 atom stereocenters. The van der Waals surface area contributed by atoms with Gasteiger partial charge in [0.25, 0.3) is 0 Å². The fourth-order valence-electron chi connectivity index (χ4n) is 4.63. The molecule has 2 aromatic heterocycles. The number of hydrogen-bond donors (Lipinski definition) is 2. The van der Waals surface area contributed by atoms with Crippen LogP contribution in [0.5, 0.6) is 0 Å². The first-order valence-electron chi connectivity index (χ1n) is 10.0. The fraction of sp³-hybridized carbons (Fsp3) is 0.650. The molecule has 0 aliphatic carbocycles. The predicted molar refractivity (Wildman–Crippen MR) is 106 cm³/mol. The van der Waals surface area contributed by atoms with Crippen molar-refractivity contribution in [3.05, 3.63) is 18.6 Å². The molecule has 2 aliphatic heterocycles. The summed E-state index contributed by atoms with van der Waals surface area (Å²) < 4.78 is 8.13. The summed E-state index contributed by atoms with van der Waals surface area (Å²) in [5, 5.41) is 15.3. The van der Waals surface area contributed by atoms with Gasteiger partial charge in [-0.25, -0.2) is 9.97 Å². The van der Waals surface area contributed by atoms with Crippen molar-refractivity contribution in [2.24, 2.45) is 7.05 Å². The third kappa shape index (κ3) is 3.04. The number of rotatable bonds is 3.